The van der Waals surface area contributed by atoms with Crippen molar-refractivity contribution in [3.63, 3.8) is 0 Å². The van der Waals surface area contributed by atoms with Gasteiger partial charge in [-0.15, -0.1) is 0 Å². The van der Waals surface area contributed by atoms with Gasteiger partial charge in [-0.1, -0.05) is 200 Å². The predicted octanol–water partition coefficient (Wildman–Crippen LogP) is 15.0. The summed E-state index contributed by atoms with van der Waals surface area (Å²) >= 11 is 0. The average molecular weight is 794 g/mol. The Kier molecular flexibility index (Phi) is 7.73. The molecule has 4 heteroatoms. The summed E-state index contributed by atoms with van der Waals surface area (Å²) in [7, 11) is 0. The van der Waals surface area contributed by atoms with Gasteiger partial charge in [0.1, 0.15) is 0 Å². The third kappa shape index (κ3) is 5.76. The van der Waals surface area contributed by atoms with Gasteiger partial charge in [0.25, 0.3) is 0 Å². The van der Waals surface area contributed by atoms with Crippen molar-refractivity contribution in [3.05, 3.63) is 230 Å². The molecule has 12 rings (SSSR count). The lowest BCUT2D eigenvalue weighted by atomic mass is 9.95. The van der Waals surface area contributed by atoms with Crippen LogP contribution in [-0.2, 0) is 0 Å². The molecule has 0 aliphatic carbocycles. The molecule has 0 amide bonds. The Balaban J connectivity index is 1.21. The number of hydrogen-bond acceptors (Lipinski definition) is 2. The predicted molar refractivity (Wildman–Crippen MR) is 258 cm³/mol. The smallest absolute Gasteiger partial charge is 0.160 e. The van der Waals surface area contributed by atoms with Crippen LogP contribution in [0.5, 0.6) is 0 Å². The summed E-state index contributed by atoms with van der Waals surface area (Å²) in [5.74, 6) is 0.534. The molecule has 0 aliphatic heterocycles. The molecule has 12 aromatic rings. The number of benzene rings is 9. The zero-order valence-corrected chi connectivity index (χ0v) is 33.5. The van der Waals surface area contributed by atoms with E-state index in [-0.39, 0.29) is 0 Å². The Bertz CT molecular complexity index is 3460. The topological polar surface area (TPSA) is 35.6 Å². The minimum Gasteiger partial charge on any atom is -0.308 e. The van der Waals surface area contributed by atoms with Gasteiger partial charge in [-0.3, -0.25) is 0 Å². The van der Waals surface area contributed by atoms with Crippen molar-refractivity contribution >= 4 is 43.6 Å². The van der Waals surface area contributed by atoms with E-state index in [4.69, 9.17) is 14.1 Å². The first-order valence-corrected chi connectivity index (χ1v) is 20.8. The van der Waals surface area contributed by atoms with Crippen LogP contribution in [0.4, 0.5) is 0 Å². The van der Waals surface area contributed by atoms with Crippen LogP contribution in [0.25, 0.3) is 111 Å². The molecule has 4 nitrogen and oxygen atoms in total. The van der Waals surface area contributed by atoms with Crippen LogP contribution in [-0.4, -0.2) is 19.1 Å². The minimum atomic E-state index is 0.408. The van der Waals surface area contributed by atoms with Crippen molar-refractivity contribution in [2.24, 2.45) is 0 Å². The zero-order valence-electron chi connectivity index (χ0n) is 36.5. The number of aromatic nitrogens is 4. The fourth-order valence-electron chi connectivity index (χ4n) is 9.30. The summed E-state index contributed by atoms with van der Waals surface area (Å²) < 4.78 is 29.8. The van der Waals surface area contributed by atoms with Crippen molar-refractivity contribution in [2.75, 3.05) is 0 Å². The van der Waals surface area contributed by atoms with Crippen molar-refractivity contribution < 1.29 is 4.11 Å². The van der Waals surface area contributed by atoms with E-state index >= 15 is 0 Å². The molecule has 0 atom stereocenters. The van der Waals surface area contributed by atoms with Crippen LogP contribution in [0.15, 0.2) is 230 Å². The van der Waals surface area contributed by atoms with E-state index in [0.717, 1.165) is 105 Å². The molecule has 3 heterocycles. The second-order valence-electron chi connectivity index (χ2n) is 15.5. The number of fused-ring (bicyclic) bond motifs is 6. The molecule has 0 radical (unpaired) electrons. The molecule has 0 aliphatic rings. The van der Waals surface area contributed by atoms with E-state index in [1.54, 1.807) is 12.1 Å². The molecule has 0 spiro atoms. The molecule has 0 bridgehead atoms. The lowest BCUT2D eigenvalue weighted by Crippen LogP contribution is -2.05. The second-order valence-corrected chi connectivity index (χ2v) is 15.5. The standard InChI is InChI=1S/C58H38N4/c1-4-20-39(21-5-1)42-30-18-32-48(56(42)61-52-34-14-10-26-44(52)45-27-11-15-35-53(45)61)50-38-51(60-58(59-50)41-24-8-3-9-25-41)49-33-19-31-43(40-22-6-2-7-23-40)57(49)62-54-36-16-12-28-46(54)47-29-13-17-37-55(47)62/h1-38H/i1D,2D,3D. The maximum Gasteiger partial charge on any atom is 0.160 e. The molecule has 290 valence electrons. The van der Waals surface area contributed by atoms with Crippen molar-refractivity contribution in [2.45, 2.75) is 0 Å². The second kappa shape index (κ2) is 14.7. The van der Waals surface area contributed by atoms with Gasteiger partial charge in [0.15, 0.2) is 5.82 Å². The third-order valence-electron chi connectivity index (χ3n) is 12.0. The third-order valence-corrected chi connectivity index (χ3v) is 12.0. The quantitative estimate of drug-likeness (QED) is 0.161. The number of rotatable bonds is 7. The molecule has 0 unspecified atom stereocenters. The molecular formula is C58H38N4. The maximum atomic E-state index is 8.36. The maximum absolute atomic E-state index is 8.36. The molecule has 3 aromatic heterocycles. The van der Waals surface area contributed by atoms with Crippen molar-refractivity contribution in [1.29, 1.82) is 0 Å². The van der Waals surface area contributed by atoms with E-state index in [2.05, 4.69) is 149 Å². The van der Waals surface area contributed by atoms with Crippen LogP contribution < -0.4 is 0 Å². The van der Waals surface area contributed by atoms with E-state index in [9.17, 15) is 0 Å². The SMILES string of the molecule is [2H]c1ccc(-c2nc(-c3cccc(-c4ccc([2H])cc4)c3-n3c4ccccc4c4ccccc43)cc(-c3cccc(-c4ccc([2H])cc4)c3-n3c4ccccc4c4ccccc43)n2)cc1. The summed E-state index contributed by atoms with van der Waals surface area (Å²) in [5, 5.41) is 4.60. The molecule has 0 saturated carbocycles. The lowest BCUT2D eigenvalue weighted by molar-refractivity contribution is 1.14. The fourth-order valence-corrected chi connectivity index (χ4v) is 9.30. The monoisotopic (exact) mass is 793 g/mol. The molecule has 0 N–H and O–H groups in total. The Morgan fingerprint density at radius 3 is 1.00 bits per heavy atom. The molecule has 0 fully saturated rings. The Labute approximate surface area is 363 Å². The largest absolute Gasteiger partial charge is 0.308 e. The van der Waals surface area contributed by atoms with Gasteiger partial charge in [0.05, 0.1) is 48.9 Å². The van der Waals surface area contributed by atoms with Crippen LogP contribution in [0.2, 0.25) is 0 Å². The summed E-state index contributed by atoms with van der Waals surface area (Å²) in [4.78, 5) is 10.9. The van der Waals surface area contributed by atoms with Gasteiger partial charge in [-0.05, 0) is 41.5 Å². The molecular weight excluding hydrogens is 753 g/mol. The number of hydrogen-bond donors (Lipinski definition) is 0. The van der Waals surface area contributed by atoms with Crippen LogP contribution >= 0.6 is 0 Å². The van der Waals surface area contributed by atoms with E-state index < -0.39 is 0 Å². The van der Waals surface area contributed by atoms with Gasteiger partial charge in [0, 0.05) is 49.4 Å². The van der Waals surface area contributed by atoms with Gasteiger partial charge in [0.2, 0.25) is 0 Å². The summed E-state index contributed by atoms with van der Waals surface area (Å²) in [5.41, 5.74) is 14.3. The van der Waals surface area contributed by atoms with Crippen LogP contribution in [0, 0.1) is 0 Å². The Hall–Kier alpha value is -8.34. The van der Waals surface area contributed by atoms with Gasteiger partial charge < -0.3 is 9.13 Å². The first-order valence-electron chi connectivity index (χ1n) is 22.3. The molecule has 62 heavy (non-hydrogen) atoms. The van der Waals surface area contributed by atoms with E-state index in [0.29, 0.717) is 24.0 Å². The molecule has 9 aromatic carbocycles. The Morgan fingerprint density at radius 1 is 0.306 bits per heavy atom. The highest BCUT2D eigenvalue weighted by molar-refractivity contribution is 6.12. The van der Waals surface area contributed by atoms with Gasteiger partial charge in [-0.25, -0.2) is 9.97 Å². The summed E-state index contributed by atoms with van der Waals surface area (Å²) in [6.07, 6.45) is 0. The van der Waals surface area contributed by atoms with Gasteiger partial charge in [-0.2, -0.15) is 0 Å². The highest BCUT2D eigenvalue weighted by Crippen LogP contribution is 2.44. The first kappa shape index (κ1) is 32.5. The average Bonchev–Trinajstić information content (AvgIpc) is 3.87. The highest BCUT2D eigenvalue weighted by Gasteiger charge is 2.24. The normalized spacial score (nSPS) is 12.2. The highest BCUT2D eigenvalue weighted by atomic mass is 15.0. The van der Waals surface area contributed by atoms with E-state index in [1.165, 1.54) is 0 Å². The zero-order chi connectivity index (χ0) is 43.6. The van der Waals surface area contributed by atoms with Gasteiger partial charge >= 0.3 is 0 Å². The summed E-state index contributed by atoms with van der Waals surface area (Å²) in [6.45, 7) is 0. The van der Waals surface area contributed by atoms with Crippen LogP contribution in [0.1, 0.15) is 4.11 Å². The number of nitrogens with zero attached hydrogens (tertiary/aromatic N) is 4. The first-order chi connectivity index (χ1) is 32.0. The van der Waals surface area contributed by atoms with Crippen molar-refractivity contribution in [1.82, 2.24) is 19.1 Å². The van der Waals surface area contributed by atoms with Crippen LogP contribution in [0.3, 0.4) is 0 Å². The van der Waals surface area contributed by atoms with E-state index in [1.807, 2.05) is 60.7 Å². The van der Waals surface area contributed by atoms with Crippen molar-refractivity contribution in [3.8, 4) is 67.5 Å². The number of para-hydroxylation sites is 6. The lowest BCUT2D eigenvalue weighted by Gasteiger charge is -2.21. The fraction of sp³-hybridized carbons (Fsp3) is 0. The minimum absolute atomic E-state index is 0.408. The summed E-state index contributed by atoms with van der Waals surface area (Å²) in [6, 6.07) is 73.3. The molecule has 0 saturated heterocycles. The Morgan fingerprint density at radius 2 is 0.629 bits per heavy atom.